The van der Waals surface area contributed by atoms with Gasteiger partial charge in [-0.2, -0.15) is 0 Å². The van der Waals surface area contributed by atoms with Crippen molar-refractivity contribution in [3.63, 3.8) is 0 Å². The van der Waals surface area contributed by atoms with Crippen LogP contribution in [0.1, 0.15) is 45.6 Å². The molecule has 3 aromatic rings. The summed E-state index contributed by atoms with van der Waals surface area (Å²) in [6, 6.07) is 15.6. The molecule has 2 unspecified atom stereocenters. The highest BCUT2D eigenvalue weighted by atomic mass is 16.5. The van der Waals surface area contributed by atoms with Gasteiger partial charge in [0.2, 0.25) is 5.88 Å². The number of carbonyl (C=O) groups excluding carboxylic acids is 1. The summed E-state index contributed by atoms with van der Waals surface area (Å²) in [5, 5.41) is 20.2. The molecule has 1 aliphatic carbocycles. The lowest BCUT2D eigenvalue weighted by molar-refractivity contribution is -0.117. The number of fused-ring (bicyclic) bond motifs is 3. The summed E-state index contributed by atoms with van der Waals surface area (Å²) in [5.41, 5.74) is 2.71. The molecule has 7 nitrogen and oxygen atoms in total. The van der Waals surface area contributed by atoms with Gasteiger partial charge in [0, 0.05) is 18.0 Å². The lowest BCUT2D eigenvalue weighted by Gasteiger charge is -2.40. The van der Waals surface area contributed by atoms with Gasteiger partial charge in [-0.05, 0) is 53.9 Å². The van der Waals surface area contributed by atoms with Crippen molar-refractivity contribution < 1.29 is 14.6 Å². The standard InChI is InChI=1S/C28H34N4O3/c1-27(2)14-20-15-28(3,16-27)17-31(20)18-32-23-8-6-5-7-22(23)25(26(32)34)30-29-24(33)13-19-9-11-21(35-4)12-10-19/h5-12,20,34H,13-18H2,1-4H3. The molecule has 184 valence electrons. The number of amides is 1. The molecule has 2 heterocycles. The van der Waals surface area contributed by atoms with Crippen LogP contribution in [0.5, 0.6) is 11.6 Å². The van der Waals surface area contributed by atoms with Crippen LogP contribution in [0.25, 0.3) is 10.9 Å². The van der Waals surface area contributed by atoms with Gasteiger partial charge in [0.1, 0.15) is 5.75 Å². The molecule has 1 saturated heterocycles. The zero-order valence-electron chi connectivity index (χ0n) is 21.0. The summed E-state index contributed by atoms with van der Waals surface area (Å²) in [4.78, 5) is 15.0. The lowest BCUT2D eigenvalue weighted by atomic mass is 9.65. The molecule has 1 amide bonds. The Morgan fingerprint density at radius 2 is 1.86 bits per heavy atom. The predicted octanol–water partition coefficient (Wildman–Crippen LogP) is 6.07. The normalized spacial score (nSPS) is 23.8. The summed E-state index contributed by atoms with van der Waals surface area (Å²) in [7, 11) is 1.61. The molecule has 2 bridgehead atoms. The molecule has 2 aliphatic rings. The van der Waals surface area contributed by atoms with Crippen molar-refractivity contribution in [2.75, 3.05) is 13.7 Å². The van der Waals surface area contributed by atoms with E-state index in [1.165, 1.54) is 12.8 Å². The van der Waals surface area contributed by atoms with Crippen molar-refractivity contribution in [1.29, 1.82) is 0 Å². The lowest BCUT2D eigenvalue weighted by Crippen LogP contribution is -2.35. The third-order valence-corrected chi connectivity index (χ3v) is 7.54. The number of carbonyl (C=O) groups is 1. The Morgan fingerprint density at radius 3 is 2.60 bits per heavy atom. The quantitative estimate of drug-likeness (QED) is 0.440. The van der Waals surface area contributed by atoms with Crippen LogP contribution in [-0.2, 0) is 17.9 Å². The Labute approximate surface area is 206 Å². The molecule has 0 radical (unpaired) electrons. The number of rotatable bonds is 6. The van der Waals surface area contributed by atoms with Gasteiger partial charge in [-0.1, -0.05) is 51.1 Å². The van der Waals surface area contributed by atoms with E-state index >= 15 is 0 Å². The van der Waals surface area contributed by atoms with Crippen LogP contribution in [0.4, 0.5) is 5.69 Å². The summed E-state index contributed by atoms with van der Waals surface area (Å²) in [5.74, 6) is 0.424. The topological polar surface area (TPSA) is 79.4 Å². The third-order valence-electron chi connectivity index (χ3n) is 7.54. The van der Waals surface area contributed by atoms with E-state index in [1.54, 1.807) is 7.11 Å². The van der Waals surface area contributed by atoms with E-state index in [2.05, 4.69) is 35.9 Å². The van der Waals surface area contributed by atoms with Crippen LogP contribution in [0.3, 0.4) is 0 Å². The molecule has 1 N–H and O–H groups in total. The highest BCUT2D eigenvalue weighted by molar-refractivity contribution is 5.95. The fourth-order valence-electron chi connectivity index (χ4n) is 6.50. The van der Waals surface area contributed by atoms with Crippen molar-refractivity contribution in [2.45, 2.75) is 59.2 Å². The highest BCUT2D eigenvalue weighted by Crippen LogP contribution is 2.53. The van der Waals surface area contributed by atoms with Gasteiger partial charge in [0.25, 0.3) is 5.91 Å². The minimum absolute atomic E-state index is 0.0538. The Hall–Kier alpha value is -3.19. The average molecular weight is 475 g/mol. The zero-order chi connectivity index (χ0) is 24.8. The number of aromatic hydroxyl groups is 1. The Morgan fingerprint density at radius 1 is 1.11 bits per heavy atom. The maximum Gasteiger partial charge on any atom is 0.269 e. The molecule has 7 heteroatoms. The first-order valence-electron chi connectivity index (χ1n) is 12.3. The fraction of sp³-hybridized carbons (Fsp3) is 0.464. The number of methoxy groups -OCH3 is 1. The molecular weight excluding hydrogens is 440 g/mol. The predicted molar refractivity (Wildman–Crippen MR) is 136 cm³/mol. The van der Waals surface area contributed by atoms with Gasteiger partial charge in [0.15, 0.2) is 5.69 Å². The Kier molecular flexibility index (Phi) is 5.91. The van der Waals surface area contributed by atoms with E-state index in [0.29, 0.717) is 29.2 Å². The van der Waals surface area contributed by atoms with E-state index in [-0.39, 0.29) is 18.2 Å². The van der Waals surface area contributed by atoms with Crippen molar-refractivity contribution >= 4 is 22.5 Å². The number of hydrogen-bond acceptors (Lipinski definition) is 5. The van der Waals surface area contributed by atoms with E-state index in [4.69, 9.17) is 4.74 Å². The average Bonchev–Trinajstić information content (AvgIpc) is 3.21. The number of aromatic nitrogens is 1. The second-order valence-corrected chi connectivity index (χ2v) is 11.3. The van der Waals surface area contributed by atoms with E-state index in [1.807, 2.05) is 53.1 Å². The van der Waals surface area contributed by atoms with Crippen LogP contribution in [-0.4, -0.2) is 40.2 Å². The summed E-state index contributed by atoms with van der Waals surface area (Å²) >= 11 is 0. The van der Waals surface area contributed by atoms with Crippen LogP contribution in [0, 0.1) is 10.8 Å². The van der Waals surface area contributed by atoms with Crippen LogP contribution < -0.4 is 4.74 Å². The molecule has 2 fully saturated rings. The Balaban J connectivity index is 1.39. The smallest absolute Gasteiger partial charge is 0.269 e. The van der Waals surface area contributed by atoms with Crippen molar-refractivity contribution in [3.8, 4) is 11.6 Å². The van der Waals surface area contributed by atoms with Gasteiger partial charge in [0.05, 0.1) is 25.7 Å². The van der Waals surface area contributed by atoms with Crippen LogP contribution in [0.15, 0.2) is 58.8 Å². The van der Waals surface area contributed by atoms with Gasteiger partial charge in [-0.15, -0.1) is 10.2 Å². The van der Waals surface area contributed by atoms with Crippen LogP contribution >= 0.6 is 0 Å². The molecule has 2 aromatic carbocycles. The van der Waals surface area contributed by atoms with Gasteiger partial charge < -0.3 is 9.84 Å². The number of hydrogen-bond donors (Lipinski definition) is 1. The second-order valence-electron chi connectivity index (χ2n) is 11.3. The summed E-state index contributed by atoms with van der Waals surface area (Å²) in [6.07, 6.45) is 3.72. The van der Waals surface area contributed by atoms with Crippen molar-refractivity contribution in [2.24, 2.45) is 21.1 Å². The molecule has 5 rings (SSSR count). The maximum atomic E-state index is 12.5. The van der Waals surface area contributed by atoms with Gasteiger partial charge in [-0.25, -0.2) is 0 Å². The van der Waals surface area contributed by atoms with Crippen molar-refractivity contribution in [1.82, 2.24) is 9.47 Å². The number of nitrogens with zero attached hydrogens (tertiary/aromatic N) is 4. The molecule has 1 aromatic heterocycles. The second kappa shape index (κ2) is 8.79. The largest absolute Gasteiger partial charge is 0.497 e. The van der Waals surface area contributed by atoms with Crippen LogP contribution in [0.2, 0.25) is 0 Å². The van der Waals surface area contributed by atoms with Crippen molar-refractivity contribution in [3.05, 3.63) is 54.1 Å². The molecular formula is C28H34N4O3. The number of benzene rings is 2. The minimum Gasteiger partial charge on any atom is -0.497 e. The molecule has 2 atom stereocenters. The molecule has 1 aliphatic heterocycles. The first-order valence-corrected chi connectivity index (χ1v) is 12.3. The minimum atomic E-state index is -0.366. The molecule has 0 spiro atoms. The number of likely N-dealkylation sites (tertiary alicyclic amines) is 1. The van der Waals surface area contributed by atoms with E-state index < -0.39 is 0 Å². The number of para-hydroxylation sites is 1. The number of azo groups is 1. The third kappa shape index (κ3) is 4.69. The van der Waals surface area contributed by atoms with Gasteiger partial charge >= 0.3 is 0 Å². The highest BCUT2D eigenvalue weighted by Gasteiger charge is 2.49. The maximum absolute atomic E-state index is 12.5. The number of ether oxygens (including phenoxy) is 1. The first kappa shape index (κ1) is 23.5. The summed E-state index contributed by atoms with van der Waals surface area (Å²) in [6.45, 7) is 8.74. The van der Waals surface area contributed by atoms with Gasteiger partial charge in [-0.3, -0.25) is 14.3 Å². The fourth-order valence-corrected chi connectivity index (χ4v) is 6.50. The summed E-state index contributed by atoms with van der Waals surface area (Å²) < 4.78 is 7.07. The zero-order valence-corrected chi connectivity index (χ0v) is 21.0. The monoisotopic (exact) mass is 474 g/mol. The molecule has 35 heavy (non-hydrogen) atoms. The Bertz CT molecular complexity index is 1280. The first-order chi connectivity index (χ1) is 16.7. The van der Waals surface area contributed by atoms with E-state index in [9.17, 15) is 9.90 Å². The van der Waals surface area contributed by atoms with E-state index in [0.717, 1.165) is 35.2 Å². The SMILES string of the molecule is COc1ccc(CC(=O)N=Nc2c(O)n(CN3CC4(C)CC3CC(C)(C)C4)c3ccccc23)cc1. The molecule has 1 saturated carbocycles.